The lowest BCUT2D eigenvalue weighted by Gasteiger charge is -2.32. The zero-order chi connectivity index (χ0) is 12.1. The lowest BCUT2D eigenvalue weighted by Crippen LogP contribution is -2.44. The largest absolute Gasteiger partial charge is 0.304 e. The lowest BCUT2D eigenvalue weighted by molar-refractivity contribution is 0.153. The molecule has 1 aromatic rings. The third-order valence-electron chi connectivity index (χ3n) is 3.47. The van der Waals surface area contributed by atoms with Crippen molar-refractivity contribution in [3.05, 3.63) is 35.6 Å². The van der Waals surface area contributed by atoms with Gasteiger partial charge in [-0.15, -0.1) is 0 Å². The summed E-state index contributed by atoms with van der Waals surface area (Å²) < 4.78 is 13.4. The Balaban J connectivity index is 1.71. The molecular formula is C14H21FN2. The summed E-state index contributed by atoms with van der Waals surface area (Å²) in [6, 6.07) is 7.10. The molecule has 0 radical (unpaired) electrons. The highest BCUT2D eigenvalue weighted by Crippen LogP contribution is 2.09. The molecule has 1 heterocycles. The second-order valence-electron chi connectivity index (χ2n) is 4.84. The Morgan fingerprint density at radius 3 is 2.53 bits per heavy atom. The number of piperazine rings is 1. The van der Waals surface area contributed by atoms with E-state index in [1.807, 2.05) is 12.1 Å². The fraction of sp³-hybridized carbons (Fsp3) is 0.571. The summed E-state index contributed by atoms with van der Waals surface area (Å²) in [7, 11) is 2.16. The molecule has 0 aliphatic carbocycles. The molecule has 1 aliphatic rings. The SMILES string of the molecule is CN1CCN(CCCc2ccccc2F)CC1. The van der Waals surface area contributed by atoms with Gasteiger partial charge >= 0.3 is 0 Å². The Hall–Kier alpha value is -0.930. The molecule has 0 bridgehead atoms. The number of aryl methyl sites for hydroxylation is 1. The molecule has 17 heavy (non-hydrogen) atoms. The second-order valence-corrected chi connectivity index (χ2v) is 4.84. The van der Waals surface area contributed by atoms with E-state index < -0.39 is 0 Å². The van der Waals surface area contributed by atoms with Gasteiger partial charge in [-0.25, -0.2) is 4.39 Å². The summed E-state index contributed by atoms with van der Waals surface area (Å²) >= 11 is 0. The smallest absolute Gasteiger partial charge is 0.126 e. The van der Waals surface area contributed by atoms with Crippen LogP contribution in [0.15, 0.2) is 24.3 Å². The first-order chi connectivity index (χ1) is 8.25. The number of halogens is 1. The van der Waals surface area contributed by atoms with Gasteiger partial charge in [0.05, 0.1) is 0 Å². The molecule has 0 atom stereocenters. The van der Waals surface area contributed by atoms with Crippen molar-refractivity contribution in [3.63, 3.8) is 0 Å². The predicted molar refractivity (Wildman–Crippen MR) is 68.7 cm³/mol. The standard InChI is InChI=1S/C14H21FN2/c1-16-9-11-17(12-10-16)8-4-6-13-5-2-3-7-14(13)15/h2-3,5,7H,4,6,8-12H2,1H3. The minimum Gasteiger partial charge on any atom is -0.304 e. The third kappa shape index (κ3) is 3.79. The first-order valence-corrected chi connectivity index (χ1v) is 6.40. The summed E-state index contributed by atoms with van der Waals surface area (Å²) in [6.45, 7) is 5.68. The first kappa shape index (κ1) is 12.5. The highest BCUT2D eigenvalue weighted by atomic mass is 19.1. The van der Waals surface area contributed by atoms with E-state index in [4.69, 9.17) is 0 Å². The van der Waals surface area contributed by atoms with Crippen molar-refractivity contribution in [2.45, 2.75) is 12.8 Å². The zero-order valence-corrected chi connectivity index (χ0v) is 10.5. The topological polar surface area (TPSA) is 6.48 Å². The summed E-state index contributed by atoms with van der Waals surface area (Å²) in [6.07, 6.45) is 1.89. The number of benzene rings is 1. The van der Waals surface area contributed by atoms with Gasteiger partial charge in [0.2, 0.25) is 0 Å². The molecule has 0 amide bonds. The van der Waals surface area contributed by atoms with Crippen LogP contribution in [0.3, 0.4) is 0 Å². The number of nitrogens with zero attached hydrogens (tertiary/aromatic N) is 2. The second kappa shape index (κ2) is 6.12. The zero-order valence-electron chi connectivity index (χ0n) is 10.5. The van der Waals surface area contributed by atoms with Crippen molar-refractivity contribution in [3.8, 4) is 0 Å². The van der Waals surface area contributed by atoms with Gasteiger partial charge in [0.1, 0.15) is 5.82 Å². The van der Waals surface area contributed by atoms with E-state index in [1.165, 1.54) is 0 Å². The van der Waals surface area contributed by atoms with Crippen LogP contribution < -0.4 is 0 Å². The normalized spacial score (nSPS) is 18.5. The summed E-state index contributed by atoms with van der Waals surface area (Å²) in [4.78, 5) is 4.83. The van der Waals surface area contributed by atoms with E-state index >= 15 is 0 Å². The Morgan fingerprint density at radius 1 is 1.12 bits per heavy atom. The monoisotopic (exact) mass is 236 g/mol. The molecule has 0 unspecified atom stereocenters. The maximum atomic E-state index is 13.4. The Bertz CT molecular complexity index is 346. The molecular weight excluding hydrogens is 215 g/mol. The average Bonchev–Trinajstić information content (AvgIpc) is 2.34. The molecule has 1 aromatic carbocycles. The molecule has 1 saturated heterocycles. The van der Waals surface area contributed by atoms with Crippen molar-refractivity contribution < 1.29 is 4.39 Å². The van der Waals surface area contributed by atoms with Crippen LogP contribution in [0.4, 0.5) is 4.39 Å². The third-order valence-corrected chi connectivity index (χ3v) is 3.47. The van der Waals surface area contributed by atoms with Gasteiger partial charge < -0.3 is 9.80 Å². The van der Waals surface area contributed by atoms with Gasteiger partial charge in [0.25, 0.3) is 0 Å². The van der Waals surface area contributed by atoms with Crippen LogP contribution in [0.25, 0.3) is 0 Å². The van der Waals surface area contributed by atoms with Crippen molar-refractivity contribution in [1.82, 2.24) is 9.80 Å². The molecule has 0 N–H and O–H groups in total. The van der Waals surface area contributed by atoms with E-state index in [0.717, 1.165) is 51.1 Å². The van der Waals surface area contributed by atoms with Crippen molar-refractivity contribution in [2.24, 2.45) is 0 Å². The summed E-state index contributed by atoms with van der Waals surface area (Å²) in [5, 5.41) is 0. The quantitative estimate of drug-likeness (QED) is 0.789. The van der Waals surface area contributed by atoms with Gasteiger partial charge in [0, 0.05) is 26.2 Å². The molecule has 0 saturated carbocycles. The molecule has 1 fully saturated rings. The molecule has 3 heteroatoms. The van der Waals surface area contributed by atoms with Crippen LogP contribution in [0.1, 0.15) is 12.0 Å². The van der Waals surface area contributed by atoms with Crippen LogP contribution in [-0.4, -0.2) is 49.6 Å². The van der Waals surface area contributed by atoms with Crippen LogP contribution >= 0.6 is 0 Å². The van der Waals surface area contributed by atoms with E-state index in [0.29, 0.717) is 0 Å². The number of hydrogen-bond acceptors (Lipinski definition) is 2. The van der Waals surface area contributed by atoms with Crippen molar-refractivity contribution >= 4 is 0 Å². The van der Waals surface area contributed by atoms with E-state index in [-0.39, 0.29) is 5.82 Å². The lowest BCUT2D eigenvalue weighted by atomic mass is 10.1. The van der Waals surface area contributed by atoms with Crippen LogP contribution in [0.5, 0.6) is 0 Å². The van der Waals surface area contributed by atoms with Crippen molar-refractivity contribution in [2.75, 3.05) is 39.8 Å². The molecule has 0 aromatic heterocycles. The summed E-state index contributed by atoms with van der Waals surface area (Å²) in [5.74, 6) is -0.0640. The average molecular weight is 236 g/mol. The minimum absolute atomic E-state index is 0.0640. The maximum absolute atomic E-state index is 13.4. The first-order valence-electron chi connectivity index (χ1n) is 6.40. The van der Waals surface area contributed by atoms with Gasteiger partial charge in [-0.05, 0) is 38.1 Å². The summed E-state index contributed by atoms with van der Waals surface area (Å²) in [5.41, 5.74) is 0.849. The van der Waals surface area contributed by atoms with Crippen LogP contribution in [-0.2, 0) is 6.42 Å². The van der Waals surface area contributed by atoms with Crippen LogP contribution in [0, 0.1) is 5.82 Å². The molecule has 1 aliphatic heterocycles. The van der Waals surface area contributed by atoms with E-state index in [9.17, 15) is 4.39 Å². The minimum atomic E-state index is -0.0640. The highest BCUT2D eigenvalue weighted by molar-refractivity contribution is 5.17. The van der Waals surface area contributed by atoms with Crippen molar-refractivity contribution in [1.29, 1.82) is 0 Å². The Labute approximate surface area is 103 Å². The van der Waals surface area contributed by atoms with Gasteiger partial charge in [-0.2, -0.15) is 0 Å². The number of rotatable bonds is 4. The number of hydrogen-bond donors (Lipinski definition) is 0. The fourth-order valence-corrected chi connectivity index (χ4v) is 2.27. The number of likely N-dealkylation sites (N-methyl/N-ethyl adjacent to an activating group) is 1. The van der Waals surface area contributed by atoms with Gasteiger partial charge in [-0.3, -0.25) is 0 Å². The van der Waals surface area contributed by atoms with Gasteiger partial charge in [0.15, 0.2) is 0 Å². The Kier molecular flexibility index (Phi) is 4.51. The van der Waals surface area contributed by atoms with E-state index in [2.05, 4.69) is 16.8 Å². The van der Waals surface area contributed by atoms with Crippen LogP contribution in [0.2, 0.25) is 0 Å². The Morgan fingerprint density at radius 2 is 1.82 bits per heavy atom. The van der Waals surface area contributed by atoms with E-state index in [1.54, 1.807) is 12.1 Å². The maximum Gasteiger partial charge on any atom is 0.126 e. The molecule has 94 valence electrons. The molecule has 0 spiro atoms. The van der Waals surface area contributed by atoms with Gasteiger partial charge in [-0.1, -0.05) is 18.2 Å². The predicted octanol–water partition coefficient (Wildman–Crippen LogP) is 2.01. The molecule has 2 rings (SSSR count). The molecule has 2 nitrogen and oxygen atoms in total. The highest BCUT2D eigenvalue weighted by Gasteiger charge is 2.13. The fourth-order valence-electron chi connectivity index (χ4n) is 2.27.